The summed E-state index contributed by atoms with van der Waals surface area (Å²) in [6.07, 6.45) is 5.48. The van der Waals surface area contributed by atoms with E-state index in [2.05, 4.69) is 22.0 Å². The third-order valence-electron chi connectivity index (χ3n) is 6.77. The number of benzene rings is 2. The summed E-state index contributed by atoms with van der Waals surface area (Å²) in [6, 6.07) is 14.1. The molecule has 7 heteroatoms. The second-order valence-corrected chi connectivity index (χ2v) is 9.21. The predicted molar refractivity (Wildman–Crippen MR) is 139 cm³/mol. The molecule has 1 aliphatic rings. The number of anilines is 1. The van der Waals surface area contributed by atoms with Crippen molar-refractivity contribution < 1.29 is 9.53 Å². The van der Waals surface area contributed by atoms with Gasteiger partial charge in [-0.25, -0.2) is 9.97 Å². The summed E-state index contributed by atoms with van der Waals surface area (Å²) in [4.78, 5) is 31.3. The number of hydrogen-bond acceptors (Lipinski definition) is 6. The zero-order chi connectivity index (χ0) is 24.4. The highest BCUT2D eigenvalue weighted by atomic mass is 16.5. The summed E-state index contributed by atoms with van der Waals surface area (Å²) >= 11 is 0. The van der Waals surface area contributed by atoms with Gasteiger partial charge >= 0.3 is 0 Å². The molecule has 0 saturated carbocycles. The van der Waals surface area contributed by atoms with Crippen LogP contribution in [0.3, 0.4) is 0 Å². The fourth-order valence-corrected chi connectivity index (χ4v) is 4.98. The Kier molecular flexibility index (Phi) is 6.49. The number of aryl methyl sites for hydroxylation is 1. The first-order chi connectivity index (χ1) is 17.0. The number of carbonyl (C=O) groups is 1. The fourth-order valence-electron chi connectivity index (χ4n) is 4.98. The summed E-state index contributed by atoms with van der Waals surface area (Å²) in [5.74, 6) is 1.61. The Morgan fingerprint density at radius 2 is 2.06 bits per heavy atom. The topological polar surface area (TPSA) is 71.5 Å². The van der Waals surface area contributed by atoms with Crippen molar-refractivity contribution in [1.82, 2.24) is 19.9 Å². The first-order valence-corrected chi connectivity index (χ1v) is 12.3. The van der Waals surface area contributed by atoms with Crippen molar-refractivity contribution in [3.8, 4) is 5.75 Å². The molecule has 1 saturated heterocycles. The van der Waals surface area contributed by atoms with Gasteiger partial charge in [-0.1, -0.05) is 18.2 Å². The zero-order valence-corrected chi connectivity index (χ0v) is 20.6. The van der Waals surface area contributed by atoms with E-state index in [0.29, 0.717) is 25.6 Å². The maximum Gasteiger partial charge on any atom is 0.227 e. The fraction of sp³-hybridized carbons (Fsp3) is 0.357. The van der Waals surface area contributed by atoms with Crippen molar-refractivity contribution in [3.05, 3.63) is 66.1 Å². The number of piperidine rings is 1. The molecule has 180 valence electrons. The van der Waals surface area contributed by atoms with Crippen LogP contribution >= 0.6 is 0 Å². The molecule has 0 spiro atoms. The van der Waals surface area contributed by atoms with Gasteiger partial charge in [-0.05, 0) is 61.9 Å². The molecule has 0 radical (unpaired) electrons. The highest BCUT2D eigenvalue weighted by Crippen LogP contribution is 2.27. The van der Waals surface area contributed by atoms with E-state index in [-0.39, 0.29) is 11.8 Å². The van der Waals surface area contributed by atoms with Gasteiger partial charge in [-0.2, -0.15) is 0 Å². The Bertz CT molecular complexity index is 1370. The minimum absolute atomic E-state index is 0.0784. The van der Waals surface area contributed by atoms with Crippen LogP contribution in [-0.2, 0) is 11.3 Å². The van der Waals surface area contributed by atoms with Gasteiger partial charge in [0.25, 0.3) is 0 Å². The number of pyridine rings is 1. The molecule has 0 bridgehead atoms. The van der Waals surface area contributed by atoms with Crippen molar-refractivity contribution >= 4 is 33.5 Å². The lowest BCUT2D eigenvalue weighted by molar-refractivity contribution is -0.135. The van der Waals surface area contributed by atoms with Gasteiger partial charge in [0.05, 0.1) is 23.7 Å². The molecule has 7 nitrogen and oxygen atoms in total. The SMILES string of the molecule is CCOc1ccc2nc(N3CCCC(C(=O)N(C)Cc4cccc5cnccc45)C3)nc(C)c2c1. The molecule has 1 atom stereocenters. The van der Waals surface area contributed by atoms with Crippen LogP contribution in [0.1, 0.15) is 31.0 Å². The zero-order valence-electron chi connectivity index (χ0n) is 20.6. The molecule has 0 aliphatic carbocycles. The van der Waals surface area contributed by atoms with Crippen LogP contribution in [0.25, 0.3) is 21.7 Å². The highest BCUT2D eigenvalue weighted by molar-refractivity contribution is 5.86. The molecule has 1 fully saturated rings. The third-order valence-corrected chi connectivity index (χ3v) is 6.77. The lowest BCUT2D eigenvalue weighted by Crippen LogP contribution is -2.44. The molecule has 1 amide bonds. The number of carbonyl (C=O) groups excluding carboxylic acids is 1. The number of nitrogens with zero attached hydrogens (tertiary/aromatic N) is 5. The molecule has 0 N–H and O–H groups in total. The smallest absolute Gasteiger partial charge is 0.227 e. The monoisotopic (exact) mass is 469 g/mol. The minimum atomic E-state index is -0.0784. The van der Waals surface area contributed by atoms with E-state index in [1.54, 1.807) is 6.20 Å². The van der Waals surface area contributed by atoms with Crippen molar-refractivity contribution in [2.45, 2.75) is 33.2 Å². The number of hydrogen-bond donors (Lipinski definition) is 0. The number of amides is 1. The second kappa shape index (κ2) is 9.86. The van der Waals surface area contributed by atoms with Gasteiger partial charge in [0, 0.05) is 49.8 Å². The lowest BCUT2D eigenvalue weighted by Gasteiger charge is -2.34. The van der Waals surface area contributed by atoms with Crippen molar-refractivity contribution in [2.24, 2.45) is 5.92 Å². The third kappa shape index (κ3) is 4.76. The van der Waals surface area contributed by atoms with E-state index >= 15 is 0 Å². The minimum Gasteiger partial charge on any atom is -0.494 e. The molecular weight excluding hydrogens is 438 g/mol. The average molecular weight is 470 g/mol. The lowest BCUT2D eigenvalue weighted by atomic mass is 9.96. The van der Waals surface area contributed by atoms with Crippen LogP contribution in [0.2, 0.25) is 0 Å². The van der Waals surface area contributed by atoms with E-state index in [0.717, 1.165) is 58.1 Å². The molecule has 2 aromatic carbocycles. The van der Waals surface area contributed by atoms with Crippen LogP contribution in [0.4, 0.5) is 5.95 Å². The molecule has 4 aromatic rings. The van der Waals surface area contributed by atoms with Crippen LogP contribution in [0.5, 0.6) is 5.75 Å². The van der Waals surface area contributed by atoms with Gasteiger partial charge in [0.15, 0.2) is 0 Å². The number of aromatic nitrogens is 3. The van der Waals surface area contributed by atoms with E-state index in [9.17, 15) is 4.79 Å². The van der Waals surface area contributed by atoms with Crippen LogP contribution in [0, 0.1) is 12.8 Å². The Morgan fingerprint density at radius 1 is 1.17 bits per heavy atom. The van der Waals surface area contributed by atoms with Crippen molar-refractivity contribution in [2.75, 3.05) is 31.6 Å². The number of rotatable bonds is 6. The maximum atomic E-state index is 13.4. The normalized spacial score (nSPS) is 16.0. The van der Waals surface area contributed by atoms with E-state index < -0.39 is 0 Å². The quantitative estimate of drug-likeness (QED) is 0.405. The average Bonchev–Trinajstić information content (AvgIpc) is 2.89. The Labute approximate surface area is 205 Å². The van der Waals surface area contributed by atoms with Crippen LogP contribution < -0.4 is 9.64 Å². The van der Waals surface area contributed by atoms with Crippen LogP contribution in [-0.4, -0.2) is 52.5 Å². The Balaban J connectivity index is 1.32. The summed E-state index contributed by atoms with van der Waals surface area (Å²) in [6.45, 7) is 6.66. The maximum absolute atomic E-state index is 13.4. The molecule has 35 heavy (non-hydrogen) atoms. The number of ether oxygens (including phenoxy) is 1. The molecule has 2 aromatic heterocycles. The second-order valence-electron chi connectivity index (χ2n) is 9.21. The Morgan fingerprint density at radius 3 is 2.91 bits per heavy atom. The molecule has 5 rings (SSSR count). The van der Waals surface area contributed by atoms with E-state index in [1.807, 2.05) is 62.3 Å². The standard InChI is InChI=1S/C28H31N5O2/c1-4-35-23-10-11-26-25(15-23)19(2)30-28(31-26)33-14-6-9-22(18-33)27(34)32(3)17-21-8-5-7-20-16-29-13-12-24(20)21/h5,7-8,10-13,15-16,22H,4,6,9,14,17-18H2,1-3H3. The first-order valence-electron chi connectivity index (χ1n) is 12.3. The van der Waals surface area contributed by atoms with E-state index in [1.165, 1.54) is 0 Å². The van der Waals surface area contributed by atoms with E-state index in [4.69, 9.17) is 14.7 Å². The molecular formula is C28H31N5O2. The summed E-state index contributed by atoms with van der Waals surface area (Å²) in [5, 5.41) is 3.22. The van der Waals surface area contributed by atoms with Crippen LogP contribution in [0.15, 0.2) is 54.9 Å². The van der Waals surface area contributed by atoms with Gasteiger partial charge in [0.2, 0.25) is 11.9 Å². The largest absolute Gasteiger partial charge is 0.494 e. The van der Waals surface area contributed by atoms with Crippen molar-refractivity contribution in [1.29, 1.82) is 0 Å². The summed E-state index contributed by atoms with van der Waals surface area (Å²) < 4.78 is 5.63. The van der Waals surface area contributed by atoms with Gasteiger partial charge in [-0.3, -0.25) is 9.78 Å². The van der Waals surface area contributed by atoms with Gasteiger partial charge < -0.3 is 14.5 Å². The first kappa shape index (κ1) is 23.0. The summed E-state index contributed by atoms with van der Waals surface area (Å²) in [7, 11) is 1.90. The van der Waals surface area contributed by atoms with Gasteiger partial charge in [0.1, 0.15) is 5.75 Å². The Hall–Kier alpha value is -3.74. The van der Waals surface area contributed by atoms with Gasteiger partial charge in [-0.15, -0.1) is 0 Å². The molecule has 1 unspecified atom stereocenters. The molecule has 1 aliphatic heterocycles. The summed E-state index contributed by atoms with van der Waals surface area (Å²) in [5.41, 5.74) is 2.95. The highest BCUT2D eigenvalue weighted by Gasteiger charge is 2.29. The number of fused-ring (bicyclic) bond motifs is 2. The predicted octanol–water partition coefficient (Wildman–Crippen LogP) is 4.76. The molecule has 3 heterocycles. The van der Waals surface area contributed by atoms with Crippen molar-refractivity contribution in [3.63, 3.8) is 0 Å².